The highest BCUT2D eigenvalue weighted by Gasteiger charge is 2.13. The van der Waals surface area contributed by atoms with Crippen molar-refractivity contribution in [3.63, 3.8) is 0 Å². The van der Waals surface area contributed by atoms with E-state index < -0.39 is 11.9 Å². The number of benzene rings is 1. The van der Waals surface area contributed by atoms with Crippen LogP contribution < -0.4 is 5.32 Å². The Morgan fingerprint density at radius 2 is 2.21 bits per heavy atom. The summed E-state index contributed by atoms with van der Waals surface area (Å²) in [4.78, 5) is 15.3. The number of anilines is 1. The van der Waals surface area contributed by atoms with Crippen molar-refractivity contribution < 1.29 is 9.18 Å². The quantitative estimate of drug-likeness (QED) is 0.865. The van der Waals surface area contributed by atoms with Crippen LogP contribution in [0.3, 0.4) is 0 Å². The van der Waals surface area contributed by atoms with Gasteiger partial charge in [0.1, 0.15) is 6.07 Å². The number of halogens is 2. The predicted molar refractivity (Wildman–Crippen MR) is 71.0 cm³/mol. The molecule has 2 aromatic rings. The topological polar surface area (TPSA) is 65.8 Å². The molecule has 0 fully saturated rings. The van der Waals surface area contributed by atoms with Crippen molar-refractivity contribution in [2.24, 2.45) is 0 Å². The Kier molecular flexibility index (Phi) is 3.88. The number of carbonyl (C=O) groups is 1. The fraction of sp³-hybridized carbons (Fsp3) is 0. The summed E-state index contributed by atoms with van der Waals surface area (Å²) in [7, 11) is 0. The first kappa shape index (κ1) is 13.2. The molecule has 1 aromatic carbocycles. The molecule has 0 spiro atoms. The third-order valence-electron chi connectivity index (χ3n) is 2.35. The number of amides is 1. The van der Waals surface area contributed by atoms with E-state index in [1.807, 2.05) is 6.07 Å². The highest BCUT2D eigenvalue weighted by atomic mass is 79.9. The minimum absolute atomic E-state index is 0.172. The van der Waals surface area contributed by atoms with Crippen molar-refractivity contribution in [3.05, 3.63) is 58.1 Å². The van der Waals surface area contributed by atoms with Crippen LogP contribution in [0.2, 0.25) is 0 Å². The molecule has 0 aliphatic heterocycles. The number of hydrogen-bond acceptors (Lipinski definition) is 3. The van der Waals surface area contributed by atoms with Gasteiger partial charge in [-0.2, -0.15) is 9.65 Å². The fourth-order valence-electron chi connectivity index (χ4n) is 1.46. The van der Waals surface area contributed by atoms with E-state index in [0.29, 0.717) is 5.69 Å². The molecule has 94 valence electrons. The van der Waals surface area contributed by atoms with Crippen LogP contribution in [0.25, 0.3) is 0 Å². The maximum Gasteiger partial charge on any atom is 0.260 e. The Bertz CT molecular complexity index is 682. The molecule has 0 radical (unpaired) electrons. The number of nitriles is 1. The van der Waals surface area contributed by atoms with Crippen LogP contribution in [0, 0.1) is 17.3 Å². The van der Waals surface area contributed by atoms with Crippen molar-refractivity contribution in [1.82, 2.24) is 4.98 Å². The molecule has 1 aromatic heterocycles. The van der Waals surface area contributed by atoms with Gasteiger partial charge in [-0.15, -0.1) is 0 Å². The largest absolute Gasteiger partial charge is 0.321 e. The van der Waals surface area contributed by atoms with E-state index in [9.17, 15) is 9.18 Å². The summed E-state index contributed by atoms with van der Waals surface area (Å²) >= 11 is 3.23. The summed E-state index contributed by atoms with van der Waals surface area (Å²) < 4.78 is 14.1. The number of nitrogens with one attached hydrogen (secondary N) is 1. The van der Waals surface area contributed by atoms with Gasteiger partial charge in [0.2, 0.25) is 5.95 Å². The monoisotopic (exact) mass is 319 g/mol. The second-order valence-corrected chi connectivity index (χ2v) is 4.51. The second-order valence-electron chi connectivity index (χ2n) is 3.60. The molecule has 0 aliphatic carbocycles. The zero-order valence-corrected chi connectivity index (χ0v) is 11.1. The number of nitrogens with zero attached hydrogens (tertiary/aromatic N) is 2. The Morgan fingerprint density at radius 3 is 2.89 bits per heavy atom. The summed E-state index contributed by atoms with van der Waals surface area (Å²) in [5.74, 6) is -1.50. The molecule has 19 heavy (non-hydrogen) atoms. The van der Waals surface area contributed by atoms with Gasteiger partial charge in [0.05, 0.1) is 16.8 Å². The number of carbonyl (C=O) groups excluding carboxylic acids is 1. The summed E-state index contributed by atoms with van der Waals surface area (Å²) in [6.45, 7) is 0. The Balaban J connectivity index is 2.30. The Hall–Kier alpha value is -2.26. The number of pyridine rings is 1. The molecular formula is C13H7BrFN3O. The standard InChI is InChI=1S/C13H7BrFN3O/c14-9-3-4-11(8(6-9)7-16)18-13(19)10-2-1-5-17-12(10)15/h1-6H,(H,18,19). The summed E-state index contributed by atoms with van der Waals surface area (Å²) in [6, 6.07) is 9.54. The Morgan fingerprint density at radius 1 is 1.42 bits per heavy atom. The highest BCUT2D eigenvalue weighted by Crippen LogP contribution is 2.21. The molecule has 0 saturated carbocycles. The van der Waals surface area contributed by atoms with Crippen LogP contribution in [0.5, 0.6) is 0 Å². The fourth-order valence-corrected chi connectivity index (χ4v) is 1.82. The summed E-state index contributed by atoms with van der Waals surface area (Å²) in [6.07, 6.45) is 1.26. The maximum atomic E-state index is 13.3. The summed E-state index contributed by atoms with van der Waals surface area (Å²) in [5.41, 5.74) is 0.431. The van der Waals surface area contributed by atoms with Crippen LogP contribution in [0.1, 0.15) is 15.9 Å². The van der Waals surface area contributed by atoms with Gasteiger partial charge in [-0.25, -0.2) is 4.98 Å². The first-order chi connectivity index (χ1) is 9.11. The van der Waals surface area contributed by atoms with Gasteiger partial charge >= 0.3 is 0 Å². The first-order valence-electron chi connectivity index (χ1n) is 5.23. The van der Waals surface area contributed by atoms with Crippen molar-refractivity contribution in [3.8, 4) is 6.07 Å². The lowest BCUT2D eigenvalue weighted by Gasteiger charge is -2.07. The highest BCUT2D eigenvalue weighted by molar-refractivity contribution is 9.10. The van der Waals surface area contributed by atoms with Crippen molar-refractivity contribution in [1.29, 1.82) is 5.26 Å². The van der Waals surface area contributed by atoms with Crippen LogP contribution >= 0.6 is 15.9 Å². The molecule has 6 heteroatoms. The van der Waals surface area contributed by atoms with Crippen molar-refractivity contribution in [2.75, 3.05) is 5.32 Å². The van der Waals surface area contributed by atoms with Gasteiger partial charge in [0, 0.05) is 10.7 Å². The zero-order chi connectivity index (χ0) is 13.8. The zero-order valence-electron chi connectivity index (χ0n) is 9.52. The minimum atomic E-state index is -0.851. The molecule has 0 aliphatic rings. The normalized spacial score (nSPS) is 9.74. The van der Waals surface area contributed by atoms with Gasteiger partial charge in [0.15, 0.2) is 0 Å². The van der Waals surface area contributed by atoms with E-state index in [0.717, 1.165) is 4.47 Å². The number of rotatable bonds is 2. The Labute approximate surface area is 117 Å². The lowest BCUT2D eigenvalue weighted by molar-refractivity contribution is 0.102. The van der Waals surface area contributed by atoms with Gasteiger partial charge in [-0.05, 0) is 30.3 Å². The molecule has 0 atom stereocenters. The average molecular weight is 320 g/mol. The molecule has 4 nitrogen and oxygen atoms in total. The third kappa shape index (κ3) is 2.95. The predicted octanol–water partition coefficient (Wildman–Crippen LogP) is 3.11. The molecule has 1 amide bonds. The van der Waals surface area contributed by atoms with E-state index in [-0.39, 0.29) is 11.1 Å². The van der Waals surface area contributed by atoms with Crippen molar-refractivity contribution >= 4 is 27.5 Å². The van der Waals surface area contributed by atoms with Crippen LogP contribution in [0.4, 0.5) is 10.1 Å². The molecule has 1 N–H and O–H groups in total. The van der Waals surface area contributed by atoms with Gasteiger partial charge in [-0.1, -0.05) is 15.9 Å². The molecule has 1 heterocycles. The summed E-state index contributed by atoms with van der Waals surface area (Å²) in [5, 5.41) is 11.5. The molecular weight excluding hydrogens is 313 g/mol. The third-order valence-corrected chi connectivity index (χ3v) is 2.85. The number of hydrogen-bond donors (Lipinski definition) is 1. The maximum absolute atomic E-state index is 13.3. The average Bonchev–Trinajstić information content (AvgIpc) is 2.41. The van der Waals surface area contributed by atoms with Gasteiger partial charge < -0.3 is 5.32 Å². The van der Waals surface area contributed by atoms with Crippen LogP contribution in [0.15, 0.2) is 41.0 Å². The number of aromatic nitrogens is 1. The second kappa shape index (κ2) is 5.59. The van der Waals surface area contributed by atoms with E-state index in [4.69, 9.17) is 5.26 Å². The van der Waals surface area contributed by atoms with Crippen LogP contribution in [-0.4, -0.2) is 10.9 Å². The minimum Gasteiger partial charge on any atom is -0.321 e. The molecule has 0 bridgehead atoms. The van der Waals surface area contributed by atoms with E-state index in [1.165, 1.54) is 18.3 Å². The van der Waals surface area contributed by atoms with Crippen LogP contribution in [-0.2, 0) is 0 Å². The van der Waals surface area contributed by atoms with E-state index in [2.05, 4.69) is 26.2 Å². The van der Waals surface area contributed by atoms with E-state index >= 15 is 0 Å². The molecule has 0 saturated heterocycles. The first-order valence-corrected chi connectivity index (χ1v) is 6.02. The molecule has 2 rings (SSSR count). The van der Waals surface area contributed by atoms with E-state index in [1.54, 1.807) is 18.2 Å². The molecule has 0 unspecified atom stereocenters. The van der Waals surface area contributed by atoms with Gasteiger partial charge in [-0.3, -0.25) is 4.79 Å². The lowest BCUT2D eigenvalue weighted by Crippen LogP contribution is -2.15. The lowest BCUT2D eigenvalue weighted by atomic mass is 10.2. The van der Waals surface area contributed by atoms with Gasteiger partial charge in [0.25, 0.3) is 5.91 Å². The van der Waals surface area contributed by atoms with Crippen molar-refractivity contribution in [2.45, 2.75) is 0 Å². The SMILES string of the molecule is N#Cc1cc(Br)ccc1NC(=O)c1cccnc1F. The smallest absolute Gasteiger partial charge is 0.260 e.